The lowest BCUT2D eigenvalue weighted by Gasteiger charge is -2.07. The van der Waals surface area contributed by atoms with Crippen LogP contribution in [0, 0.1) is 0 Å². The van der Waals surface area contributed by atoms with Gasteiger partial charge in [0.2, 0.25) is 0 Å². The predicted molar refractivity (Wildman–Crippen MR) is 69.2 cm³/mol. The Morgan fingerprint density at radius 3 is 2.84 bits per heavy atom. The van der Waals surface area contributed by atoms with Crippen LogP contribution in [0.3, 0.4) is 0 Å². The summed E-state index contributed by atoms with van der Waals surface area (Å²) in [6, 6.07) is 7.68. The number of hydrogen-bond acceptors (Lipinski definition) is 5. The van der Waals surface area contributed by atoms with Gasteiger partial charge in [-0.05, 0) is 24.3 Å². The largest absolute Gasteiger partial charge is 0.506 e. The van der Waals surface area contributed by atoms with Crippen LogP contribution in [0.2, 0.25) is 0 Å². The van der Waals surface area contributed by atoms with Gasteiger partial charge in [0.05, 0.1) is 19.3 Å². The van der Waals surface area contributed by atoms with Gasteiger partial charge in [-0.1, -0.05) is 0 Å². The third-order valence-electron chi connectivity index (χ3n) is 2.54. The molecule has 2 aromatic rings. The average molecular weight is 262 g/mol. The minimum Gasteiger partial charge on any atom is -0.506 e. The Bertz CT molecular complexity index is 592. The quantitative estimate of drug-likeness (QED) is 0.728. The Morgan fingerprint density at radius 2 is 2.21 bits per heavy atom. The molecule has 0 aliphatic rings. The summed E-state index contributed by atoms with van der Waals surface area (Å²) < 4.78 is 10.2. The summed E-state index contributed by atoms with van der Waals surface area (Å²) >= 11 is 0. The molecule has 100 valence electrons. The molecule has 1 aromatic carbocycles. The van der Waals surface area contributed by atoms with E-state index < -0.39 is 5.91 Å². The number of benzene rings is 1. The number of phenolic OH excluding ortho intramolecular Hbond substituents is 1. The van der Waals surface area contributed by atoms with E-state index in [1.54, 1.807) is 12.1 Å². The zero-order valence-electron chi connectivity index (χ0n) is 10.3. The van der Waals surface area contributed by atoms with Gasteiger partial charge in [0, 0.05) is 6.07 Å². The molecule has 0 aliphatic heterocycles. The fraction of sp³-hybridized carbons (Fsp3) is 0.154. The third kappa shape index (κ3) is 2.86. The lowest BCUT2D eigenvalue weighted by molar-refractivity contribution is 0.0994. The first-order valence-electron chi connectivity index (χ1n) is 5.61. The van der Waals surface area contributed by atoms with Gasteiger partial charge in [0.1, 0.15) is 17.3 Å². The lowest BCUT2D eigenvalue weighted by atomic mass is 10.2. The lowest BCUT2D eigenvalue weighted by Crippen LogP contribution is -2.11. The molecule has 1 aromatic heterocycles. The minimum atomic E-state index is -0.469. The van der Waals surface area contributed by atoms with Crippen molar-refractivity contribution >= 4 is 11.6 Å². The van der Waals surface area contributed by atoms with E-state index in [0.717, 1.165) is 0 Å². The molecule has 0 atom stereocenters. The van der Waals surface area contributed by atoms with E-state index in [-0.39, 0.29) is 23.7 Å². The normalized spacial score (nSPS) is 10.2. The number of phenols is 1. The zero-order chi connectivity index (χ0) is 13.8. The second kappa shape index (κ2) is 5.45. The maximum absolute atomic E-state index is 11.9. The van der Waals surface area contributed by atoms with E-state index in [1.165, 1.54) is 25.3 Å². The molecule has 1 amide bonds. The van der Waals surface area contributed by atoms with Crippen molar-refractivity contribution in [2.24, 2.45) is 5.73 Å². The van der Waals surface area contributed by atoms with Crippen molar-refractivity contribution in [1.29, 1.82) is 0 Å². The van der Waals surface area contributed by atoms with E-state index >= 15 is 0 Å². The molecule has 4 N–H and O–H groups in total. The molecule has 0 aliphatic carbocycles. The van der Waals surface area contributed by atoms with Crippen molar-refractivity contribution in [2.75, 3.05) is 12.4 Å². The van der Waals surface area contributed by atoms with E-state index in [1.807, 2.05) is 0 Å². The number of carbonyl (C=O) groups is 1. The first-order valence-corrected chi connectivity index (χ1v) is 5.61. The number of furan rings is 1. The van der Waals surface area contributed by atoms with Crippen molar-refractivity contribution in [3.63, 3.8) is 0 Å². The summed E-state index contributed by atoms with van der Waals surface area (Å²) in [6.07, 6.45) is 0. The summed E-state index contributed by atoms with van der Waals surface area (Å²) in [6.45, 7) is 0.220. The third-order valence-corrected chi connectivity index (χ3v) is 2.54. The fourth-order valence-corrected chi connectivity index (χ4v) is 1.54. The standard InChI is InChI=1S/C13H14N2O4/c1-18-8-2-4-11(16)10(6-8)15-13(17)12-5-3-9(7-14)19-12/h2-6,16H,7,14H2,1H3,(H,15,17). The van der Waals surface area contributed by atoms with E-state index in [4.69, 9.17) is 14.9 Å². The number of amides is 1. The number of carbonyl (C=O) groups excluding carboxylic acids is 1. The molecule has 0 radical (unpaired) electrons. The highest BCUT2D eigenvalue weighted by molar-refractivity contribution is 6.03. The average Bonchev–Trinajstić information content (AvgIpc) is 2.90. The monoisotopic (exact) mass is 262 g/mol. The molecule has 0 bridgehead atoms. The van der Waals surface area contributed by atoms with Crippen molar-refractivity contribution in [2.45, 2.75) is 6.54 Å². The van der Waals surface area contributed by atoms with Gasteiger partial charge in [-0.3, -0.25) is 4.79 Å². The van der Waals surface area contributed by atoms with Crippen molar-refractivity contribution in [3.05, 3.63) is 41.9 Å². The first-order chi connectivity index (χ1) is 9.13. The van der Waals surface area contributed by atoms with Crippen LogP contribution in [0.1, 0.15) is 16.3 Å². The van der Waals surface area contributed by atoms with Gasteiger partial charge in [-0.15, -0.1) is 0 Å². The van der Waals surface area contributed by atoms with Crippen LogP contribution in [-0.2, 0) is 6.54 Å². The number of rotatable bonds is 4. The number of anilines is 1. The predicted octanol–water partition coefficient (Wildman–Crippen LogP) is 1.70. The maximum Gasteiger partial charge on any atom is 0.291 e. The second-order valence-corrected chi connectivity index (χ2v) is 3.81. The van der Waals surface area contributed by atoms with E-state index in [0.29, 0.717) is 11.5 Å². The number of hydrogen-bond donors (Lipinski definition) is 3. The van der Waals surface area contributed by atoms with Crippen molar-refractivity contribution in [3.8, 4) is 11.5 Å². The van der Waals surface area contributed by atoms with E-state index in [2.05, 4.69) is 5.32 Å². The summed E-state index contributed by atoms with van der Waals surface area (Å²) in [4.78, 5) is 11.9. The van der Waals surface area contributed by atoms with Crippen LogP contribution in [0.4, 0.5) is 5.69 Å². The highest BCUT2D eigenvalue weighted by atomic mass is 16.5. The highest BCUT2D eigenvalue weighted by Crippen LogP contribution is 2.28. The Labute approximate surface area is 109 Å². The van der Waals surface area contributed by atoms with Crippen LogP contribution >= 0.6 is 0 Å². The molecule has 0 saturated carbocycles. The Morgan fingerprint density at radius 1 is 1.42 bits per heavy atom. The molecule has 19 heavy (non-hydrogen) atoms. The number of nitrogens with two attached hydrogens (primary N) is 1. The Hall–Kier alpha value is -2.47. The number of aromatic hydroxyl groups is 1. The maximum atomic E-state index is 11.9. The van der Waals surface area contributed by atoms with Gasteiger partial charge in [0.15, 0.2) is 5.76 Å². The summed E-state index contributed by atoms with van der Waals surface area (Å²) in [5, 5.41) is 12.2. The number of ether oxygens (including phenoxy) is 1. The van der Waals surface area contributed by atoms with Gasteiger partial charge in [-0.2, -0.15) is 0 Å². The SMILES string of the molecule is COc1ccc(O)c(NC(=O)c2ccc(CN)o2)c1. The Balaban J connectivity index is 2.18. The first kappa shape index (κ1) is 13.0. The fourth-order valence-electron chi connectivity index (χ4n) is 1.54. The number of nitrogens with one attached hydrogen (secondary N) is 1. The molecule has 0 fully saturated rings. The highest BCUT2D eigenvalue weighted by Gasteiger charge is 2.13. The molecular weight excluding hydrogens is 248 g/mol. The van der Waals surface area contributed by atoms with Gasteiger partial charge < -0.3 is 25.3 Å². The smallest absolute Gasteiger partial charge is 0.291 e. The molecule has 0 saturated heterocycles. The van der Waals surface area contributed by atoms with Crippen molar-refractivity contribution in [1.82, 2.24) is 0 Å². The second-order valence-electron chi connectivity index (χ2n) is 3.81. The van der Waals surface area contributed by atoms with Crippen LogP contribution < -0.4 is 15.8 Å². The molecule has 2 rings (SSSR count). The molecule has 1 heterocycles. The molecule has 6 nitrogen and oxygen atoms in total. The molecule has 0 spiro atoms. The molecule has 6 heteroatoms. The van der Waals surface area contributed by atoms with Gasteiger partial charge in [0.25, 0.3) is 5.91 Å². The van der Waals surface area contributed by atoms with Crippen LogP contribution in [-0.4, -0.2) is 18.1 Å². The van der Waals surface area contributed by atoms with Crippen LogP contribution in [0.15, 0.2) is 34.7 Å². The van der Waals surface area contributed by atoms with Crippen LogP contribution in [0.25, 0.3) is 0 Å². The molecule has 0 unspecified atom stereocenters. The number of methoxy groups -OCH3 is 1. The van der Waals surface area contributed by atoms with Crippen LogP contribution in [0.5, 0.6) is 11.5 Å². The summed E-state index contributed by atoms with van der Waals surface area (Å²) in [5.41, 5.74) is 5.64. The molecular formula is C13H14N2O4. The topological polar surface area (TPSA) is 97.7 Å². The summed E-state index contributed by atoms with van der Waals surface area (Å²) in [5.74, 6) is 0.640. The minimum absolute atomic E-state index is 0.0558. The van der Waals surface area contributed by atoms with Crippen molar-refractivity contribution < 1.29 is 19.1 Å². The summed E-state index contributed by atoms with van der Waals surface area (Å²) in [7, 11) is 1.50. The Kier molecular flexibility index (Phi) is 3.72. The van der Waals surface area contributed by atoms with Gasteiger partial charge in [-0.25, -0.2) is 0 Å². The zero-order valence-corrected chi connectivity index (χ0v) is 10.3. The van der Waals surface area contributed by atoms with Gasteiger partial charge >= 0.3 is 0 Å². The van der Waals surface area contributed by atoms with E-state index in [9.17, 15) is 9.90 Å².